The van der Waals surface area contributed by atoms with Crippen molar-refractivity contribution in [2.45, 2.75) is 38.5 Å². The molecule has 0 N–H and O–H groups in total. The maximum Gasteiger partial charge on any atom is 2.00 e. The second-order valence-electron chi connectivity index (χ2n) is 4.30. The molecule has 0 unspecified atom stereocenters. The van der Waals surface area contributed by atoms with Crippen LogP contribution in [0.15, 0.2) is 18.2 Å². The van der Waals surface area contributed by atoms with Crippen molar-refractivity contribution in [2.75, 3.05) is 14.2 Å². The minimum absolute atomic E-state index is 0. The van der Waals surface area contributed by atoms with Crippen molar-refractivity contribution in [1.82, 2.24) is 0 Å². The third-order valence-corrected chi connectivity index (χ3v) is 3.02. The molecule has 1 aromatic rings. The van der Waals surface area contributed by atoms with E-state index < -0.39 is 0 Å². The molecule has 0 heterocycles. The van der Waals surface area contributed by atoms with Crippen LogP contribution in [0.3, 0.4) is 0 Å². The Kier molecular flexibility index (Phi) is 33.8. The summed E-state index contributed by atoms with van der Waals surface area (Å²) in [4.78, 5) is 0. The van der Waals surface area contributed by atoms with E-state index >= 15 is 0 Å². The number of methoxy groups -OCH3 is 2. The van der Waals surface area contributed by atoms with Gasteiger partial charge >= 0.3 is 55.0 Å². The van der Waals surface area contributed by atoms with Gasteiger partial charge < -0.3 is 21.8 Å². The number of hydrogen-bond donors (Lipinski definition) is 0. The molecular formula is C19H21O5W+. The van der Waals surface area contributed by atoms with Gasteiger partial charge in [0.1, 0.15) is 11.5 Å². The van der Waals surface area contributed by atoms with Gasteiger partial charge in [-0.05, 0) is 24.6 Å². The molecule has 1 fully saturated rings. The third-order valence-electron chi connectivity index (χ3n) is 3.02. The standard InChI is InChI=1S/C11H11O2.C5H10.3CO.W/c1-4-5-9-8-10(12-2)6-7-11(9)13-3;1-2-4-5-3-1;3*1-2;/h6-8H,5H2,2-3H3;1-5H2;;;;/q-1;;;;;+2. The van der Waals surface area contributed by atoms with Gasteiger partial charge in [0.25, 0.3) is 0 Å². The second kappa shape index (κ2) is 27.2. The smallest absolute Gasteiger partial charge is 2.00 e. The summed E-state index contributed by atoms with van der Waals surface area (Å²) in [5, 5.41) is 0. The summed E-state index contributed by atoms with van der Waals surface area (Å²) in [5.74, 6) is 3.86. The zero-order valence-corrected chi connectivity index (χ0v) is 17.4. The zero-order valence-electron chi connectivity index (χ0n) is 14.4. The molecule has 0 bridgehead atoms. The minimum Gasteiger partial charge on any atom is 2.00 e. The Labute approximate surface area is 164 Å². The fraction of sp³-hybridized carbons (Fsp3) is 0.421. The summed E-state index contributed by atoms with van der Waals surface area (Å²) in [6.45, 7) is 13.5. The van der Waals surface area contributed by atoms with Crippen LogP contribution in [0.5, 0.6) is 11.5 Å². The van der Waals surface area contributed by atoms with E-state index in [1.807, 2.05) is 18.2 Å². The molecule has 0 aliphatic heterocycles. The first-order valence-electron chi connectivity index (χ1n) is 7.03. The van der Waals surface area contributed by atoms with Gasteiger partial charge in [0, 0.05) is 5.56 Å². The van der Waals surface area contributed by atoms with Crippen molar-refractivity contribution in [2.24, 2.45) is 0 Å². The van der Waals surface area contributed by atoms with Gasteiger partial charge in [0.15, 0.2) is 0 Å². The van der Waals surface area contributed by atoms with Gasteiger partial charge in [-0.2, -0.15) is 0 Å². The average Bonchev–Trinajstić information content (AvgIpc) is 3.27. The van der Waals surface area contributed by atoms with Crippen LogP contribution in [-0.4, -0.2) is 14.2 Å². The van der Waals surface area contributed by atoms with Crippen LogP contribution in [-0.2, 0) is 41.4 Å². The molecule has 1 aliphatic carbocycles. The maximum atomic E-state index is 7.50. The van der Waals surface area contributed by atoms with E-state index in [1.54, 1.807) is 14.2 Å². The summed E-state index contributed by atoms with van der Waals surface area (Å²) < 4.78 is 32.7. The van der Waals surface area contributed by atoms with Crippen molar-refractivity contribution in [3.63, 3.8) is 0 Å². The van der Waals surface area contributed by atoms with Crippen LogP contribution in [0, 0.1) is 32.3 Å². The summed E-state index contributed by atoms with van der Waals surface area (Å²) in [6, 6.07) is 5.50. The van der Waals surface area contributed by atoms with Crippen molar-refractivity contribution in [3.8, 4) is 17.4 Å². The first kappa shape index (κ1) is 31.1. The molecule has 2 rings (SSSR count). The second-order valence-corrected chi connectivity index (χ2v) is 4.30. The average molecular weight is 513 g/mol. The molecular weight excluding hydrogens is 492 g/mol. The topological polar surface area (TPSA) is 78.2 Å². The number of hydrogen-bond acceptors (Lipinski definition) is 2. The largest absolute Gasteiger partial charge is 2.00 e. The van der Waals surface area contributed by atoms with Crippen LogP contribution in [0.4, 0.5) is 0 Å². The maximum absolute atomic E-state index is 7.50. The first-order valence-corrected chi connectivity index (χ1v) is 7.03. The Bertz CT molecular complexity index is 489. The number of benzene rings is 1. The molecule has 25 heavy (non-hydrogen) atoms. The van der Waals surface area contributed by atoms with Gasteiger partial charge in [-0.25, -0.2) is 0 Å². The summed E-state index contributed by atoms with van der Waals surface area (Å²) in [7, 11) is 3.22. The van der Waals surface area contributed by atoms with Gasteiger partial charge in [-0.15, -0.1) is 0 Å². The van der Waals surface area contributed by atoms with E-state index in [-0.39, 0.29) is 21.1 Å². The molecule has 0 radical (unpaired) electrons. The molecule has 132 valence electrons. The summed E-state index contributed by atoms with van der Waals surface area (Å²) >= 11 is 0. The first-order chi connectivity index (χ1) is 11.8. The van der Waals surface area contributed by atoms with E-state index in [1.165, 1.54) is 32.1 Å². The molecule has 0 spiro atoms. The van der Waals surface area contributed by atoms with E-state index in [4.69, 9.17) is 29.9 Å². The number of ether oxygens (including phenoxy) is 2. The summed E-state index contributed by atoms with van der Waals surface area (Å²) in [6.07, 6.45) is 14.8. The van der Waals surface area contributed by atoms with Crippen LogP contribution < -0.4 is 9.47 Å². The van der Waals surface area contributed by atoms with Gasteiger partial charge in [0.05, 0.1) is 14.2 Å². The van der Waals surface area contributed by atoms with Gasteiger partial charge in [0.2, 0.25) is 0 Å². The van der Waals surface area contributed by atoms with E-state index in [2.05, 4.69) is 25.9 Å². The van der Waals surface area contributed by atoms with Gasteiger partial charge in [-0.3, -0.25) is 0 Å². The predicted molar refractivity (Wildman–Crippen MR) is 85.3 cm³/mol. The number of rotatable bonds is 3. The molecule has 1 aliphatic rings. The Balaban J connectivity index is -0.000000154. The normalized spacial score (nSPS) is 9.72. The van der Waals surface area contributed by atoms with Crippen molar-refractivity contribution < 1.29 is 44.5 Å². The predicted octanol–water partition coefficient (Wildman–Crippen LogP) is 3.67. The van der Waals surface area contributed by atoms with Gasteiger partial charge in [-0.1, -0.05) is 32.1 Å². The third kappa shape index (κ3) is 16.9. The Morgan fingerprint density at radius 1 is 0.880 bits per heavy atom. The van der Waals surface area contributed by atoms with Crippen LogP contribution >= 0.6 is 0 Å². The monoisotopic (exact) mass is 513 g/mol. The molecule has 1 aromatic carbocycles. The Hall–Kier alpha value is -1.71. The quantitative estimate of drug-likeness (QED) is 0.352. The molecule has 5 nitrogen and oxygen atoms in total. The van der Waals surface area contributed by atoms with Crippen molar-refractivity contribution >= 4 is 0 Å². The SMILES string of the molecule is C1CCCC1.[C-]#CCc1cc(OC)ccc1OC.[C-]#[O+].[C-]#[O+].[C-]#[O+].[W+2]. The van der Waals surface area contributed by atoms with E-state index in [9.17, 15) is 0 Å². The van der Waals surface area contributed by atoms with Crippen LogP contribution in [0.1, 0.15) is 37.7 Å². The molecule has 6 heteroatoms. The summed E-state index contributed by atoms with van der Waals surface area (Å²) in [5.41, 5.74) is 0.914. The molecule has 1 saturated carbocycles. The fourth-order valence-electron chi connectivity index (χ4n) is 2.00. The van der Waals surface area contributed by atoms with Crippen LogP contribution in [0.25, 0.3) is 0 Å². The van der Waals surface area contributed by atoms with Crippen molar-refractivity contribution in [1.29, 1.82) is 0 Å². The Morgan fingerprint density at radius 3 is 1.64 bits per heavy atom. The fourth-order valence-corrected chi connectivity index (χ4v) is 2.00. The Morgan fingerprint density at radius 2 is 1.32 bits per heavy atom. The molecule has 0 amide bonds. The zero-order chi connectivity index (χ0) is 19.2. The van der Waals surface area contributed by atoms with Crippen molar-refractivity contribution in [3.05, 3.63) is 50.1 Å². The van der Waals surface area contributed by atoms with E-state index in [0.29, 0.717) is 6.42 Å². The van der Waals surface area contributed by atoms with E-state index in [0.717, 1.165) is 17.1 Å². The molecule has 0 saturated heterocycles. The minimum atomic E-state index is 0. The van der Waals surface area contributed by atoms with Crippen LogP contribution in [0.2, 0.25) is 0 Å². The molecule has 0 atom stereocenters. The molecule has 0 aromatic heterocycles.